The monoisotopic (exact) mass is 503 g/mol. The van der Waals surface area contributed by atoms with E-state index in [1.165, 1.54) is 49.4 Å². The van der Waals surface area contributed by atoms with E-state index in [1.807, 2.05) is 0 Å². The predicted octanol–water partition coefficient (Wildman–Crippen LogP) is 1.79. The number of methoxy groups -OCH3 is 2. The van der Waals surface area contributed by atoms with Gasteiger partial charge in [-0.05, 0) is 17.2 Å². The van der Waals surface area contributed by atoms with Gasteiger partial charge in [0.15, 0.2) is 0 Å². The molecule has 0 spiro atoms. The average molecular weight is 503 g/mol. The first-order valence-corrected chi connectivity index (χ1v) is 10.8. The smallest absolute Gasteiger partial charge is 0.329 e. The van der Waals surface area contributed by atoms with E-state index >= 15 is 0 Å². The Morgan fingerprint density at radius 3 is 2.17 bits per heavy atom. The Kier molecular flexibility index (Phi) is 10.0. The van der Waals surface area contributed by atoms with Crippen molar-refractivity contribution >= 4 is 29.4 Å². The van der Waals surface area contributed by atoms with Crippen molar-refractivity contribution in [2.45, 2.75) is 37.8 Å². The number of halogens is 1. The zero-order valence-corrected chi connectivity index (χ0v) is 19.9. The SMILES string of the molecule is COC(=O)C[C@H](c1ccc([N+](=O)[O-])cc1)[C@H](NC(=O)[C@@H](Cc1ccccc1F)NC(C)=O)C(=O)OC. The average Bonchev–Trinajstić information content (AvgIpc) is 2.85. The molecule has 0 fully saturated rings. The van der Waals surface area contributed by atoms with Gasteiger partial charge in [-0.15, -0.1) is 0 Å². The number of hydrogen-bond acceptors (Lipinski definition) is 8. The summed E-state index contributed by atoms with van der Waals surface area (Å²) in [7, 11) is 2.22. The maximum Gasteiger partial charge on any atom is 0.329 e. The van der Waals surface area contributed by atoms with Gasteiger partial charge in [-0.3, -0.25) is 24.5 Å². The van der Waals surface area contributed by atoms with Crippen LogP contribution in [-0.4, -0.2) is 55.0 Å². The molecule has 0 heterocycles. The summed E-state index contributed by atoms with van der Waals surface area (Å²) in [4.78, 5) is 60.2. The fraction of sp³-hybridized carbons (Fsp3) is 0.333. The number of non-ortho nitro benzene ring substituents is 1. The highest BCUT2D eigenvalue weighted by Crippen LogP contribution is 2.27. The van der Waals surface area contributed by atoms with Crippen LogP contribution in [0.5, 0.6) is 0 Å². The van der Waals surface area contributed by atoms with Crippen molar-refractivity contribution in [1.82, 2.24) is 10.6 Å². The second-order valence-electron chi connectivity index (χ2n) is 7.79. The molecule has 192 valence electrons. The van der Waals surface area contributed by atoms with E-state index in [0.717, 1.165) is 14.2 Å². The Hall–Kier alpha value is -4.35. The summed E-state index contributed by atoms with van der Waals surface area (Å²) >= 11 is 0. The molecule has 0 saturated carbocycles. The molecular formula is C24H26FN3O8. The lowest BCUT2D eigenvalue weighted by Gasteiger charge is -2.28. The van der Waals surface area contributed by atoms with Gasteiger partial charge in [0.1, 0.15) is 17.9 Å². The molecule has 12 heteroatoms. The van der Waals surface area contributed by atoms with E-state index in [4.69, 9.17) is 9.47 Å². The normalized spacial score (nSPS) is 13.0. The zero-order chi connectivity index (χ0) is 26.8. The van der Waals surface area contributed by atoms with Crippen LogP contribution < -0.4 is 10.6 Å². The zero-order valence-electron chi connectivity index (χ0n) is 19.9. The molecule has 0 aliphatic heterocycles. The lowest BCUT2D eigenvalue weighted by Crippen LogP contribution is -2.54. The lowest BCUT2D eigenvalue weighted by atomic mass is 9.87. The Balaban J connectivity index is 2.43. The molecule has 0 unspecified atom stereocenters. The molecule has 11 nitrogen and oxygen atoms in total. The summed E-state index contributed by atoms with van der Waals surface area (Å²) < 4.78 is 23.7. The second-order valence-corrected chi connectivity index (χ2v) is 7.79. The topological polar surface area (TPSA) is 154 Å². The van der Waals surface area contributed by atoms with Crippen molar-refractivity contribution in [1.29, 1.82) is 0 Å². The van der Waals surface area contributed by atoms with Crippen LogP contribution in [-0.2, 0) is 35.1 Å². The summed E-state index contributed by atoms with van der Waals surface area (Å²) in [5, 5.41) is 15.9. The fourth-order valence-electron chi connectivity index (χ4n) is 3.58. The van der Waals surface area contributed by atoms with Gasteiger partial charge >= 0.3 is 11.9 Å². The van der Waals surface area contributed by atoms with Gasteiger partial charge in [-0.1, -0.05) is 30.3 Å². The van der Waals surface area contributed by atoms with Crippen molar-refractivity contribution in [3.05, 3.63) is 75.6 Å². The number of amides is 2. The molecule has 0 aliphatic rings. The van der Waals surface area contributed by atoms with Gasteiger partial charge in [0.25, 0.3) is 5.69 Å². The van der Waals surface area contributed by atoms with Gasteiger partial charge in [0.2, 0.25) is 11.8 Å². The number of carbonyl (C=O) groups excluding carboxylic acids is 4. The van der Waals surface area contributed by atoms with Crippen LogP contribution in [0.4, 0.5) is 10.1 Å². The first kappa shape index (κ1) is 27.9. The highest BCUT2D eigenvalue weighted by atomic mass is 19.1. The number of nitrogens with zero attached hydrogens (tertiary/aromatic N) is 1. The third-order valence-corrected chi connectivity index (χ3v) is 5.38. The number of carbonyl (C=O) groups is 4. The highest BCUT2D eigenvalue weighted by Gasteiger charge is 2.36. The van der Waals surface area contributed by atoms with E-state index < -0.39 is 52.5 Å². The quantitative estimate of drug-likeness (QED) is 0.267. The molecule has 0 aliphatic carbocycles. The van der Waals surface area contributed by atoms with E-state index in [2.05, 4.69) is 10.6 Å². The number of nitro benzene ring substituents is 1. The molecule has 2 amide bonds. The van der Waals surface area contributed by atoms with Crippen molar-refractivity contribution in [3.63, 3.8) is 0 Å². The van der Waals surface area contributed by atoms with Gasteiger partial charge < -0.3 is 20.1 Å². The van der Waals surface area contributed by atoms with Crippen molar-refractivity contribution < 1.29 is 38.0 Å². The van der Waals surface area contributed by atoms with Crippen LogP contribution in [0.2, 0.25) is 0 Å². The molecule has 2 aromatic rings. The van der Waals surface area contributed by atoms with E-state index in [1.54, 1.807) is 6.07 Å². The van der Waals surface area contributed by atoms with Gasteiger partial charge in [-0.25, -0.2) is 9.18 Å². The van der Waals surface area contributed by atoms with Gasteiger partial charge in [-0.2, -0.15) is 0 Å². The van der Waals surface area contributed by atoms with Crippen LogP contribution in [0.25, 0.3) is 0 Å². The van der Waals surface area contributed by atoms with Gasteiger partial charge in [0, 0.05) is 31.4 Å². The molecule has 2 rings (SSSR count). The van der Waals surface area contributed by atoms with Crippen molar-refractivity contribution in [2.24, 2.45) is 0 Å². The molecule has 0 saturated heterocycles. The predicted molar refractivity (Wildman–Crippen MR) is 124 cm³/mol. The Labute approximate surface area is 206 Å². The molecule has 0 aromatic heterocycles. The fourth-order valence-corrected chi connectivity index (χ4v) is 3.58. The Morgan fingerprint density at radius 1 is 1.00 bits per heavy atom. The number of esters is 2. The summed E-state index contributed by atoms with van der Waals surface area (Å²) in [5.41, 5.74) is 0.249. The molecule has 3 atom stereocenters. The van der Waals surface area contributed by atoms with Crippen molar-refractivity contribution in [2.75, 3.05) is 14.2 Å². The molecule has 2 N–H and O–H groups in total. The van der Waals surface area contributed by atoms with Crippen LogP contribution in [0.15, 0.2) is 48.5 Å². The largest absolute Gasteiger partial charge is 0.469 e. The van der Waals surface area contributed by atoms with E-state index in [-0.39, 0.29) is 24.1 Å². The maximum atomic E-state index is 14.2. The number of benzene rings is 2. The standard InChI is InChI=1S/C24H26FN3O8/c1-14(29)26-20(12-16-6-4-5-7-19(16)25)23(31)27-22(24(32)36-3)18(13-21(30)35-2)15-8-10-17(11-9-15)28(33)34/h4-11,18,20,22H,12-13H2,1-3H3,(H,26,29)(H,27,31)/t18-,20-,22+/m1/s1. The third kappa shape index (κ3) is 7.58. The summed E-state index contributed by atoms with van der Waals surface area (Å²) in [6.07, 6.45) is -0.600. The molecule has 36 heavy (non-hydrogen) atoms. The molecule has 0 radical (unpaired) electrons. The minimum absolute atomic E-state index is 0.155. The lowest BCUT2D eigenvalue weighted by molar-refractivity contribution is -0.384. The molecule has 2 aromatic carbocycles. The number of nitro groups is 1. The number of nitrogens with one attached hydrogen (secondary N) is 2. The molecule has 0 bridgehead atoms. The van der Waals surface area contributed by atoms with E-state index in [9.17, 15) is 33.7 Å². The Bertz CT molecular complexity index is 1120. The number of ether oxygens (including phenoxy) is 2. The molecular weight excluding hydrogens is 477 g/mol. The maximum absolute atomic E-state index is 14.2. The summed E-state index contributed by atoms with van der Waals surface area (Å²) in [6.45, 7) is 1.18. The summed E-state index contributed by atoms with van der Waals surface area (Å²) in [6, 6.07) is 8.06. The number of rotatable bonds is 11. The second kappa shape index (κ2) is 12.9. The summed E-state index contributed by atoms with van der Waals surface area (Å²) in [5.74, 6) is -4.65. The number of hydrogen-bond donors (Lipinski definition) is 2. The van der Waals surface area contributed by atoms with Crippen LogP contribution >= 0.6 is 0 Å². The Morgan fingerprint density at radius 2 is 1.64 bits per heavy atom. The van der Waals surface area contributed by atoms with E-state index in [0.29, 0.717) is 5.56 Å². The minimum atomic E-state index is -1.44. The van der Waals surface area contributed by atoms with Crippen LogP contribution in [0, 0.1) is 15.9 Å². The minimum Gasteiger partial charge on any atom is -0.469 e. The highest BCUT2D eigenvalue weighted by molar-refractivity contribution is 5.91. The van der Waals surface area contributed by atoms with Crippen molar-refractivity contribution in [3.8, 4) is 0 Å². The first-order chi connectivity index (χ1) is 17.1. The first-order valence-electron chi connectivity index (χ1n) is 10.8. The van der Waals surface area contributed by atoms with Gasteiger partial charge in [0.05, 0.1) is 25.6 Å². The third-order valence-electron chi connectivity index (χ3n) is 5.38. The van der Waals surface area contributed by atoms with Crippen LogP contribution in [0.1, 0.15) is 30.4 Å². The van der Waals surface area contributed by atoms with Crippen LogP contribution in [0.3, 0.4) is 0 Å².